The number of halogens is 2. The molecule has 0 atom stereocenters. The first-order chi connectivity index (χ1) is 12.3. The molecule has 0 radical (unpaired) electrons. The van der Waals surface area contributed by atoms with Gasteiger partial charge < -0.3 is 9.15 Å². The number of ether oxygens (including phenoxy) is 1. The highest BCUT2D eigenvalue weighted by atomic mass is 35.5. The zero-order valence-corrected chi connectivity index (χ0v) is 16.2. The van der Waals surface area contributed by atoms with Gasteiger partial charge in [-0.15, -0.1) is 11.3 Å². The zero-order chi connectivity index (χ0) is 18.9. The first kappa shape index (κ1) is 18.8. The van der Waals surface area contributed by atoms with Crippen molar-refractivity contribution in [2.24, 2.45) is 0 Å². The second kappa shape index (κ2) is 7.31. The first-order valence-electron chi connectivity index (χ1n) is 6.95. The molecule has 0 aliphatic heterocycles. The molecule has 0 spiro atoms. The molecule has 1 N–H and O–H groups in total. The van der Waals surface area contributed by atoms with Gasteiger partial charge >= 0.3 is 5.97 Å². The summed E-state index contributed by atoms with van der Waals surface area (Å²) >= 11 is 12.6. The van der Waals surface area contributed by atoms with E-state index in [1.54, 1.807) is 6.07 Å². The highest BCUT2D eigenvalue weighted by Gasteiger charge is 2.22. The lowest BCUT2D eigenvalue weighted by Crippen LogP contribution is -2.12. The third-order valence-corrected chi connectivity index (χ3v) is 6.30. The Morgan fingerprint density at radius 1 is 1.42 bits per heavy atom. The monoisotopic (exact) mass is 435 g/mol. The predicted octanol–water partition coefficient (Wildman–Crippen LogP) is 3.48. The topological polar surface area (TPSA) is 103 Å². The van der Waals surface area contributed by atoms with Gasteiger partial charge in [-0.05, 0) is 18.2 Å². The lowest BCUT2D eigenvalue weighted by Gasteiger charge is -2.04. The Morgan fingerprint density at radius 2 is 2.19 bits per heavy atom. The molecule has 8 nitrogen and oxygen atoms in total. The number of aromatic nitrogens is 2. The Kier molecular flexibility index (Phi) is 5.28. The van der Waals surface area contributed by atoms with Crippen molar-refractivity contribution in [2.75, 3.05) is 11.8 Å². The fourth-order valence-electron chi connectivity index (χ4n) is 2.05. The molecular formula is C14H11Cl2N3O5S2. The van der Waals surface area contributed by atoms with Crippen LogP contribution in [0.2, 0.25) is 8.67 Å². The summed E-state index contributed by atoms with van der Waals surface area (Å²) in [6.07, 6.45) is 2.81. The molecule has 0 aliphatic rings. The molecule has 3 heterocycles. The van der Waals surface area contributed by atoms with Gasteiger partial charge in [-0.1, -0.05) is 23.2 Å². The number of nitrogens with zero attached hydrogens (tertiary/aromatic N) is 2. The maximum absolute atomic E-state index is 12.4. The summed E-state index contributed by atoms with van der Waals surface area (Å²) in [5.74, 6) is -0.0633. The van der Waals surface area contributed by atoms with Crippen molar-refractivity contribution >= 4 is 56.2 Å². The van der Waals surface area contributed by atoms with Crippen molar-refractivity contribution in [3.63, 3.8) is 0 Å². The van der Waals surface area contributed by atoms with Crippen LogP contribution in [0, 0.1) is 0 Å². The maximum Gasteiger partial charge on any atom is 0.373 e. The van der Waals surface area contributed by atoms with E-state index < -0.39 is 16.0 Å². The number of methoxy groups -OCH3 is 1. The number of esters is 1. The lowest BCUT2D eigenvalue weighted by atomic mass is 10.4. The molecule has 26 heavy (non-hydrogen) atoms. The standard InChI is InChI=1S/C14H11Cl2N3O5S2/c1-23-14(20)10-3-2-9(24-10)7-19-6-8(5-17-19)18-26(21,22)11-4-12(15)25-13(11)16/h2-6,18H,7H2,1H3. The minimum absolute atomic E-state index is 0.0690. The smallest absolute Gasteiger partial charge is 0.373 e. The molecule has 0 saturated heterocycles. The molecule has 3 aromatic heterocycles. The molecule has 12 heteroatoms. The Morgan fingerprint density at radius 3 is 2.85 bits per heavy atom. The van der Waals surface area contributed by atoms with E-state index in [0.717, 1.165) is 11.3 Å². The molecule has 0 amide bonds. The van der Waals surface area contributed by atoms with Crippen molar-refractivity contribution in [1.82, 2.24) is 9.78 Å². The van der Waals surface area contributed by atoms with Crippen LogP contribution >= 0.6 is 34.5 Å². The van der Waals surface area contributed by atoms with Gasteiger partial charge in [-0.25, -0.2) is 13.2 Å². The van der Waals surface area contributed by atoms with Gasteiger partial charge in [-0.2, -0.15) is 5.10 Å². The average Bonchev–Trinajstić information content (AvgIpc) is 3.28. The van der Waals surface area contributed by atoms with Crippen molar-refractivity contribution in [3.05, 3.63) is 50.8 Å². The summed E-state index contributed by atoms with van der Waals surface area (Å²) < 4.78 is 38.8. The SMILES string of the molecule is COC(=O)c1ccc(Cn2cc(NS(=O)(=O)c3cc(Cl)sc3Cl)cn2)o1. The summed E-state index contributed by atoms with van der Waals surface area (Å²) in [5, 5.41) is 4.05. The van der Waals surface area contributed by atoms with Crippen molar-refractivity contribution in [2.45, 2.75) is 11.4 Å². The van der Waals surface area contributed by atoms with Crippen LogP contribution in [0.4, 0.5) is 5.69 Å². The van der Waals surface area contributed by atoms with E-state index >= 15 is 0 Å². The molecule has 0 unspecified atom stereocenters. The fraction of sp³-hybridized carbons (Fsp3) is 0.143. The van der Waals surface area contributed by atoms with Gasteiger partial charge in [0.05, 0.1) is 29.9 Å². The van der Waals surface area contributed by atoms with Crippen LogP contribution in [0.1, 0.15) is 16.3 Å². The highest BCUT2D eigenvalue weighted by Crippen LogP contribution is 2.35. The molecule has 0 aromatic carbocycles. The van der Waals surface area contributed by atoms with Crippen LogP contribution in [-0.4, -0.2) is 31.3 Å². The number of carbonyl (C=O) groups excluding carboxylic acids is 1. The number of carbonyl (C=O) groups is 1. The molecule has 138 valence electrons. The number of hydrogen-bond donors (Lipinski definition) is 1. The van der Waals surface area contributed by atoms with E-state index in [1.165, 1.54) is 36.3 Å². The third kappa shape index (κ3) is 4.04. The highest BCUT2D eigenvalue weighted by molar-refractivity contribution is 7.93. The minimum Gasteiger partial charge on any atom is -0.463 e. The Hall–Kier alpha value is -2.01. The van der Waals surface area contributed by atoms with E-state index in [2.05, 4.69) is 14.6 Å². The molecule has 3 aromatic rings. The fourth-order valence-corrected chi connectivity index (χ4v) is 5.23. The average molecular weight is 436 g/mol. The third-order valence-electron chi connectivity index (χ3n) is 3.17. The van der Waals surface area contributed by atoms with Gasteiger partial charge in [0.25, 0.3) is 10.0 Å². The van der Waals surface area contributed by atoms with E-state index in [1.807, 2.05) is 0 Å². The second-order valence-electron chi connectivity index (χ2n) is 4.98. The lowest BCUT2D eigenvalue weighted by molar-refractivity contribution is 0.0562. The summed E-state index contributed by atoms with van der Waals surface area (Å²) in [6, 6.07) is 4.36. The zero-order valence-electron chi connectivity index (χ0n) is 13.1. The number of hydrogen-bond acceptors (Lipinski definition) is 7. The molecular weight excluding hydrogens is 425 g/mol. The van der Waals surface area contributed by atoms with Crippen molar-refractivity contribution < 1.29 is 22.4 Å². The maximum atomic E-state index is 12.4. The van der Waals surface area contributed by atoms with Crippen molar-refractivity contribution in [1.29, 1.82) is 0 Å². The Balaban J connectivity index is 1.73. The van der Waals surface area contributed by atoms with Crippen LogP contribution in [0.15, 0.2) is 39.9 Å². The summed E-state index contributed by atoms with van der Waals surface area (Å²) in [6.45, 7) is 0.198. The Labute approximate surface area is 162 Å². The Bertz CT molecular complexity index is 1050. The van der Waals surface area contributed by atoms with Crippen LogP contribution in [0.25, 0.3) is 0 Å². The van der Waals surface area contributed by atoms with Gasteiger partial charge in [0.2, 0.25) is 5.76 Å². The summed E-state index contributed by atoms with van der Waals surface area (Å²) in [4.78, 5) is 11.3. The summed E-state index contributed by atoms with van der Waals surface area (Å²) in [5.41, 5.74) is 0.239. The van der Waals surface area contributed by atoms with E-state index in [9.17, 15) is 13.2 Å². The largest absolute Gasteiger partial charge is 0.463 e. The molecule has 0 fully saturated rings. The molecule has 0 aliphatic carbocycles. The number of anilines is 1. The minimum atomic E-state index is -3.89. The van der Waals surface area contributed by atoms with Crippen LogP contribution in [0.5, 0.6) is 0 Å². The molecule has 0 bridgehead atoms. The predicted molar refractivity (Wildman–Crippen MR) is 96.5 cm³/mol. The van der Waals surface area contributed by atoms with Crippen LogP contribution in [-0.2, 0) is 21.3 Å². The van der Waals surface area contributed by atoms with E-state index in [4.69, 9.17) is 27.6 Å². The quantitative estimate of drug-likeness (QED) is 0.594. The number of sulfonamides is 1. The first-order valence-corrected chi connectivity index (χ1v) is 10.0. The molecule has 3 rings (SSSR count). The van der Waals surface area contributed by atoms with E-state index in [-0.39, 0.29) is 31.6 Å². The number of furan rings is 1. The van der Waals surface area contributed by atoms with Gasteiger partial charge in [0, 0.05) is 6.20 Å². The van der Waals surface area contributed by atoms with Crippen LogP contribution in [0.3, 0.4) is 0 Å². The van der Waals surface area contributed by atoms with Gasteiger partial charge in [0.15, 0.2) is 0 Å². The number of thiophene rings is 1. The molecule has 0 saturated carbocycles. The number of nitrogens with one attached hydrogen (secondary N) is 1. The van der Waals surface area contributed by atoms with E-state index in [0.29, 0.717) is 5.76 Å². The normalized spacial score (nSPS) is 11.5. The van der Waals surface area contributed by atoms with Crippen molar-refractivity contribution in [3.8, 4) is 0 Å². The van der Waals surface area contributed by atoms with Gasteiger partial charge in [-0.3, -0.25) is 9.40 Å². The second-order valence-corrected chi connectivity index (χ2v) is 8.91. The summed E-state index contributed by atoms with van der Waals surface area (Å²) in [7, 11) is -2.63. The van der Waals surface area contributed by atoms with Crippen LogP contribution < -0.4 is 4.72 Å². The van der Waals surface area contributed by atoms with Gasteiger partial charge in [0.1, 0.15) is 15.0 Å². The number of rotatable bonds is 6.